The zero-order valence-corrected chi connectivity index (χ0v) is 16.0. The molecule has 5 heterocycles. The van der Waals surface area contributed by atoms with Gasteiger partial charge in [-0.2, -0.15) is 0 Å². The van der Waals surface area contributed by atoms with Gasteiger partial charge >= 0.3 is 6.03 Å². The van der Waals surface area contributed by atoms with Crippen LogP contribution in [0.4, 0.5) is 16.4 Å². The van der Waals surface area contributed by atoms with E-state index in [4.69, 9.17) is 0 Å². The van der Waals surface area contributed by atoms with Gasteiger partial charge in [-0.1, -0.05) is 6.08 Å². The van der Waals surface area contributed by atoms with Crippen molar-refractivity contribution in [2.75, 3.05) is 30.8 Å². The molecule has 0 spiro atoms. The first-order valence-electron chi connectivity index (χ1n) is 9.67. The zero-order valence-electron chi connectivity index (χ0n) is 16.0. The zero-order chi connectivity index (χ0) is 19.8. The van der Waals surface area contributed by atoms with Crippen LogP contribution in [-0.4, -0.2) is 57.0 Å². The minimum atomic E-state index is -0.197. The molecule has 2 aromatic heterocycles. The van der Waals surface area contributed by atoms with Crippen LogP contribution < -0.4 is 16.0 Å². The van der Waals surface area contributed by atoms with Gasteiger partial charge in [-0.3, -0.25) is 15.2 Å². The van der Waals surface area contributed by atoms with Crippen molar-refractivity contribution in [3.63, 3.8) is 0 Å². The van der Waals surface area contributed by atoms with Gasteiger partial charge in [-0.05, 0) is 30.2 Å². The van der Waals surface area contributed by atoms with Crippen molar-refractivity contribution in [1.82, 2.24) is 30.1 Å². The molecule has 0 aliphatic carbocycles. The normalized spacial score (nSPS) is 22.2. The number of urea groups is 1. The molecule has 0 aromatic carbocycles. The van der Waals surface area contributed by atoms with E-state index in [0.717, 1.165) is 42.4 Å². The van der Waals surface area contributed by atoms with Crippen molar-refractivity contribution in [3.8, 4) is 0 Å². The smallest absolute Gasteiger partial charge is 0.329 e. The van der Waals surface area contributed by atoms with E-state index in [-0.39, 0.29) is 18.1 Å². The largest absolute Gasteiger partial charge is 0.373 e. The van der Waals surface area contributed by atoms with Gasteiger partial charge in [0.25, 0.3) is 0 Å². The maximum Gasteiger partial charge on any atom is 0.329 e. The Bertz CT molecular complexity index is 989. The van der Waals surface area contributed by atoms with Crippen LogP contribution >= 0.6 is 0 Å². The Morgan fingerprint density at radius 2 is 2.14 bits per heavy atom. The third-order valence-electron chi connectivity index (χ3n) is 5.51. The highest BCUT2D eigenvalue weighted by atomic mass is 16.2. The molecule has 0 radical (unpaired) electrons. The number of anilines is 2. The van der Waals surface area contributed by atoms with Crippen molar-refractivity contribution in [3.05, 3.63) is 66.2 Å². The van der Waals surface area contributed by atoms with Crippen LogP contribution in [0, 0.1) is 0 Å². The fraction of sp³-hybridized carbons (Fsp3) is 0.300. The van der Waals surface area contributed by atoms with Gasteiger partial charge < -0.3 is 15.5 Å². The first-order valence-corrected chi connectivity index (χ1v) is 9.67. The fourth-order valence-corrected chi connectivity index (χ4v) is 4.11. The van der Waals surface area contributed by atoms with E-state index in [1.54, 1.807) is 24.8 Å². The molecule has 3 N–H and O–H groups in total. The molecule has 2 amide bonds. The molecule has 0 saturated carbocycles. The number of dihydropyridines is 1. The minimum Gasteiger partial charge on any atom is -0.373 e. The van der Waals surface area contributed by atoms with Gasteiger partial charge in [0, 0.05) is 38.7 Å². The molecule has 9 nitrogen and oxygen atoms in total. The van der Waals surface area contributed by atoms with Crippen LogP contribution in [0.5, 0.6) is 0 Å². The molecule has 1 fully saturated rings. The molecule has 3 aliphatic heterocycles. The number of amides is 2. The predicted molar refractivity (Wildman–Crippen MR) is 109 cm³/mol. The molecule has 2 atom stereocenters. The Morgan fingerprint density at radius 3 is 2.97 bits per heavy atom. The van der Waals surface area contributed by atoms with Crippen molar-refractivity contribution in [2.24, 2.45) is 0 Å². The number of hydrogen-bond donors (Lipinski definition) is 3. The van der Waals surface area contributed by atoms with Gasteiger partial charge in [0.15, 0.2) is 5.82 Å². The van der Waals surface area contributed by atoms with E-state index in [2.05, 4.69) is 48.0 Å². The lowest BCUT2D eigenvalue weighted by Crippen LogP contribution is -2.52. The second-order valence-corrected chi connectivity index (χ2v) is 7.22. The molecule has 3 aliphatic rings. The molecular formula is C20H22N8O. The highest BCUT2D eigenvalue weighted by Gasteiger charge is 2.42. The number of pyridine rings is 1. The van der Waals surface area contributed by atoms with Crippen LogP contribution in [0.3, 0.4) is 0 Å². The third-order valence-corrected chi connectivity index (χ3v) is 5.51. The minimum absolute atomic E-state index is 0.0469. The van der Waals surface area contributed by atoms with E-state index < -0.39 is 0 Å². The summed E-state index contributed by atoms with van der Waals surface area (Å²) in [4.78, 5) is 29.8. The van der Waals surface area contributed by atoms with Crippen molar-refractivity contribution in [1.29, 1.82) is 0 Å². The van der Waals surface area contributed by atoms with E-state index in [1.165, 1.54) is 0 Å². The standard InChI is InChI=1S/C20H22N8O/c1-21-17-10-13(4-6-23-17)15-2-3-16-19(25-15)28(14-5-9-27(16)12-14)20(29)26-18-11-22-7-8-24-18/h2-4,6-8,10-11,14-15,25H,5,9,12H2,1H3,(H,21,23)(H,24,26,29)/t14-,15?/m0/s1. The molecule has 148 valence electrons. The number of carbonyl (C=O) groups excluding carboxylic acids is 1. The summed E-state index contributed by atoms with van der Waals surface area (Å²) in [5, 5.41) is 9.51. The number of rotatable bonds is 3. The number of nitrogens with zero attached hydrogens (tertiary/aromatic N) is 5. The number of fused-ring (bicyclic) bond motifs is 3. The van der Waals surface area contributed by atoms with Crippen LogP contribution in [0.15, 0.2) is 60.6 Å². The maximum atomic E-state index is 13.2. The highest BCUT2D eigenvalue weighted by Crippen LogP contribution is 2.36. The summed E-state index contributed by atoms with van der Waals surface area (Å²) < 4.78 is 0. The van der Waals surface area contributed by atoms with E-state index in [9.17, 15) is 4.79 Å². The highest BCUT2D eigenvalue weighted by molar-refractivity contribution is 5.90. The number of nitrogens with one attached hydrogen (secondary N) is 3. The summed E-state index contributed by atoms with van der Waals surface area (Å²) in [6, 6.07) is 3.87. The summed E-state index contributed by atoms with van der Waals surface area (Å²) in [6.45, 7) is 1.77. The van der Waals surface area contributed by atoms with Crippen LogP contribution in [0.25, 0.3) is 0 Å². The van der Waals surface area contributed by atoms with Crippen molar-refractivity contribution >= 4 is 17.7 Å². The maximum absolute atomic E-state index is 13.2. The summed E-state index contributed by atoms with van der Waals surface area (Å²) in [6.07, 6.45) is 11.6. The van der Waals surface area contributed by atoms with Gasteiger partial charge in [-0.25, -0.2) is 14.8 Å². The second kappa shape index (κ2) is 7.08. The number of aromatic nitrogens is 3. The number of hydrogen-bond acceptors (Lipinski definition) is 7. The van der Waals surface area contributed by atoms with E-state index in [1.807, 2.05) is 24.1 Å². The lowest BCUT2D eigenvalue weighted by molar-refractivity contribution is 0.189. The van der Waals surface area contributed by atoms with Gasteiger partial charge in [0.05, 0.1) is 24.0 Å². The lowest BCUT2D eigenvalue weighted by atomic mass is 10.0. The Kier molecular flexibility index (Phi) is 4.27. The number of allylic oxidation sites excluding steroid dienone is 1. The Balaban J connectivity index is 1.44. The van der Waals surface area contributed by atoms with E-state index >= 15 is 0 Å². The first-order chi connectivity index (χ1) is 14.2. The SMILES string of the molecule is CNc1cc(C2C=CC3=C(N2)N(C(=O)Nc2cnccn2)[C@H]2CCN3C2)ccn1. The second-order valence-electron chi connectivity index (χ2n) is 7.22. The molecule has 2 aromatic rings. The summed E-state index contributed by atoms with van der Waals surface area (Å²) in [5.41, 5.74) is 2.13. The summed E-state index contributed by atoms with van der Waals surface area (Å²) in [7, 11) is 1.85. The molecule has 9 heteroatoms. The Hall–Kier alpha value is -3.62. The van der Waals surface area contributed by atoms with Crippen molar-refractivity contribution < 1.29 is 4.79 Å². The fourth-order valence-electron chi connectivity index (χ4n) is 4.11. The molecule has 1 unspecified atom stereocenters. The molecule has 1 saturated heterocycles. The van der Waals surface area contributed by atoms with E-state index in [0.29, 0.717) is 5.82 Å². The van der Waals surface area contributed by atoms with Crippen molar-refractivity contribution in [2.45, 2.75) is 18.5 Å². The Morgan fingerprint density at radius 1 is 1.24 bits per heavy atom. The Labute approximate surface area is 168 Å². The molecule has 2 bridgehead atoms. The molecular weight excluding hydrogens is 368 g/mol. The van der Waals surface area contributed by atoms with Gasteiger partial charge in [0.1, 0.15) is 11.6 Å². The average molecular weight is 390 g/mol. The van der Waals surface area contributed by atoms with Gasteiger partial charge in [0.2, 0.25) is 0 Å². The predicted octanol–water partition coefficient (Wildman–Crippen LogP) is 1.90. The van der Waals surface area contributed by atoms with Crippen LogP contribution in [0.2, 0.25) is 0 Å². The third kappa shape index (κ3) is 3.14. The number of carbonyl (C=O) groups is 1. The average Bonchev–Trinajstić information content (AvgIpc) is 3.18. The van der Waals surface area contributed by atoms with Crippen LogP contribution in [-0.2, 0) is 0 Å². The molecule has 5 rings (SSSR count). The molecule has 29 heavy (non-hydrogen) atoms. The summed E-state index contributed by atoms with van der Waals surface area (Å²) >= 11 is 0. The first kappa shape index (κ1) is 17.5. The summed E-state index contributed by atoms with van der Waals surface area (Å²) in [5.74, 6) is 2.08. The topological polar surface area (TPSA) is 98.3 Å². The quantitative estimate of drug-likeness (QED) is 0.736. The van der Waals surface area contributed by atoms with Crippen LogP contribution in [0.1, 0.15) is 18.0 Å². The van der Waals surface area contributed by atoms with Gasteiger partial charge in [-0.15, -0.1) is 0 Å². The lowest BCUT2D eigenvalue weighted by Gasteiger charge is -2.41. The monoisotopic (exact) mass is 390 g/mol.